The summed E-state index contributed by atoms with van der Waals surface area (Å²) in [6, 6.07) is 14.6. The van der Waals surface area contributed by atoms with E-state index in [4.69, 9.17) is 0 Å². The van der Waals surface area contributed by atoms with Gasteiger partial charge in [0.1, 0.15) is 0 Å². The van der Waals surface area contributed by atoms with Crippen LogP contribution in [0.3, 0.4) is 0 Å². The van der Waals surface area contributed by atoms with Gasteiger partial charge in [0.25, 0.3) is 0 Å². The van der Waals surface area contributed by atoms with E-state index in [-0.39, 0.29) is 11.3 Å². The SMILES string of the molecule is Cc1ccnc(CN2CC(C)(c3ccccc3)CCC2=O)c1. The zero-order valence-corrected chi connectivity index (χ0v) is 13.2. The van der Waals surface area contributed by atoms with Crippen LogP contribution in [0, 0.1) is 6.92 Å². The van der Waals surface area contributed by atoms with Crippen molar-refractivity contribution in [3.8, 4) is 0 Å². The van der Waals surface area contributed by atoms with Gasteiger partial charge in [0.05, 0.1) is 12.2 Å². The molecule has 1 aliphatic rings. The average molecular weight is 294 g/mol. The second-order valence-electron chi connectivity index (χ2n) is 6.50. The molecule has 1 unspecified atom stereocenters. The van der Waals surface area contributed by atoms with Gasteiger partial charge in [-0.3, -0.25) is 9.78 Å². The number of carbonyl (C=O) groups excluding carboxylic acids is 1. The Morgan fingerprint density at radius 3 is 2.73 bits per heavy atom. The van der Waals surface area contributed by atoms with Gasteiger partial charge in [0.15, 0.2) is 0 Å². The van der Waals surface area contributed by atoms with Crippen LogP contribution < -0.4 is 0 Å². The van der Waals surface area contributed by atoms with Crippen molar-refractivity contribution >= 4 is 5.91 Å². The first-order valence-electron chi connectivity index (χ1n) is 7.82. The van der Waals surface area contributed by atoms with Crippen LogP contribution in [0.1, 0.15) is 36.6 Å². The number of benzene rings is 1. The Labute approximate surface area is 132 Å². The van der Waals surface area contributed by atoms with Gasteiger partial charge in [0.2, 0.25) is 5.91 Å². The minimum atomic E-state index is 0.0268. The van der Waals surface area contributed by atoms with Gasteiger partial charge in [-0.2, -0.15) is 0 Å². The normalized spacial score (nSPS) is 21.9. The monoisotopic (exact) mass is 294 g/mol. The van der Waals surface area contributed by atoms with E-state index in [2.05, 4.69) is 49.2 Å². The number of rotatable bonds is 3. The topological polar surface area (TPSA) is 33.2 Å². The highest BCUT2D eigenvalue weighted by Crippen LogP contribution is 2.34. The highest BCUT2D eigenvalue weighted by atomic mass is 16.2. The van der Waals surface area contributed by atoms with Gasteiger partial charge in [-0.25, -0.2) is 0 Å². The summed E-state index contributed by atoms with van der Waals surface area (Å²) in [6.45, 7) is 5.66. The molecule has 1 atom stereocenters. The third kappa shape index (κ3) is 3.03. The lowest BCUT2D eigenvalue weighted by molar-refractivity contribution is -0.136. The zero-order chi connectivity index (χ0) is 15.6. The van der Waals surface area contributed by atoms with Crippen LogP contribution >= 0.6 is 0 Å². The summed E-state index contributed by atoms with van der Waals surface area (Å²) in [5, 5.41) is 0. The van der Waals surface area contributed by atoms with E-state index in [9.17, 15) is 4.79 Å². The molecular weight excluding hydrogens is 272 g/mol. The van der Waals surface area contributed by atoms with Gasteiger partial charge in [-0.05, 0) is 36.6 Å². The minimum Gasteiger partial charge on any atom is -0.336 e. The molecule has 0 radical (unpaired) electrons. The molecule has 0 bridgehead atoms. The number of aryl methyl sites for hydroxylation is 1. The highest BCUT2D eigenvalue weighted by molar-refractivity contribution is 5.77. The Hall–Kier alpha value is -2.16. The molecule has 0 aliphatic carbocycles. The van der Waals surface area contributed by atoms with Gasteiger partial charge in [-0.1, -0.05) is 37.3 Å². The van der Waals surface area contributed by atoms with Crippen LogP contribution in [0.25, 0.3) is 0 Å². The first-order chi connectivity index (χ1) is 10.6. The van der Waals surface area contributed by atoms with Crippen LogP contribution in [0.4, 0.5) is 0 Å². The number of aromatic nitrogens is 1. The second kappa shape index (κ2) is 5.91. The first kappa shape index (κ1) is 14.8. The number of hydrogen-bond acceptors (Lipinski definition) is 2. The van der Waals surface area contributed by atoms with Crippen molar-refractivity contribution in [3.63, 3.8) is 0 Å². The van der Waals surface area contributed by atoms with Gasteiger partial charge in [-0.15, -0.1) is 0 Å². The molecule has 1 aromatic carbocycles. The molecule has 114 valence electrons. The number of piperidine rings is 1. The van der Waals surface area contributed by atoms with E-state index in [1.54, 1.807) is 0 Å². The van der Waals surface area contributed by atoms with Crippen LogP contribution in [0.15, 0.2) is 48.7 Å². The molecule has 2 aromatic rings. The lowest BCUT2D eigenvalue weighted by Crippen LogP contribution is -2.47. The summed E-state index contributed by atoms with van der Waals surface area (Å²) in [5.74, 6) is 0.233. The second-order valence-corrected chi connectivity index (χ2v) is 6.50. The van der Waals surface area contributed by atoms with Crippen molar-refractivity contribution in [1.29, 1.82) is 0 Å². The van der Waals surface area contributed by atoms with Crippen molar-refractivity contribution in [2.24, 2.45) is 0 Å². The van der Waals surface area contributed by atoms with E-state index in [1.807, 2.05) is 23.2 Å². The lowest BCUT2D eigenvalue weighted by atomic mass is 9.75. The van der Waals surface area contributed by atoms with Crippen LogP contribution in [-0.2, 0) is 16.8 Å². The molecular formula is C19H22N2O. The Bertz CT molecular complexity index is 668. The standard InChI is InChI=1S/C19H22N2O/c1-15-9-11-20-17(12-15)13-21-14-19(2,10-8-18(21)22)16-6-4-3-5-7-16/h3-7,9,11-12H,8,10,13-14H2,1-2H3. The smallest absolute Gasteiger partial charge is 0.222 e. The maximum absolute atomic E-state index is 12.3. The van der Waals surface area contributed by atoms with Gasteiger partial charge in [0, 0.05) is 24.6 Å². The average Bonchev–Trinajstić information content (AvgIpc) is 2.52. The Morgan fingerprint density at radius 1 is 1.23 bits per heavy atom. The minimum absolute atomic E-state index is 0.0268. The molecule has 0 spiro atoms. The summed E-state index contributed by atoms with van der Waals surface area (Å²) in [6.07, 6.45) is 3.33. The maximum Gasteiger partial charge on any atom is 0.222 e. The van der Waals surface area contributed by atoms with E-state index in [1.165, 1.54) is 11.1 Å². The highest BCUT2D eigenvalue weighted by Gasteiger charge is 2.36. The van der Waals surface area contributed by atoms with Crippen molar-refractivity contribution in [2.75, 3.05) is 6.54 Å². The molecule has 0 N–H and O–H groups in total. The van der Waals surface area contributed by atoms with Crippen molar-refractivity contribution in [2.45, 2.75) is 38.6 Å². The quantitative estimate of drug-likeness (QED) is 0.868. The molecule has 0 saturated carbocycles. The van der Waals surface area contributed by atoms with Crippen molar-refractivity contribution < 1.29 is 4.79 Å². The Morgan fingerprint density at radius 2 is 2.00 bits per heavy atom. The van der Waals surface area contributed by atoms with E-state index < -0.39 is 0 Å². The lowest BCUT2D eigenvalue weighted by Gasteiger charge is -2.40. The fraction of sp³-hybridized carbons (Fsp3) is 0.368. The summed E-state index contributed by atoms with van der Waals surface area (Å²) in [7, 11) is 0. The van der Waals surface area contributed by atoms with E-state index >= 15 is 0 Å². The molecule has 3 rings (SSSR count). The molecule has 1 saturated heterocycles. The molecule has 1 aromatic heterocycles. The fourth-order valence-electron chi connectivity index (χ4n) is 3.23. The molecule has 22 heavy (non-hydrogen) atoms. The molecule has 2 heterocycles. The molecule has 3 nitrogen and oxygen atoms in total. The molecule has 3 heteroatoms. The summed E-state index contributed by atoms with van der Waals surface area (Å²) >= 11 is 0. The van der Waals surface area contributed by atoms with E-state index in [0.717, 1.165) is 18.7 Å². The number of amides is 1. The van der Waals surface area contributed by atoms with E-state index in [0.29, 0.717) is 13.0 Å². The zero-order valence-electron chi connectivity index (χ0n) is 13.2. The van der Waals surface area contributed by atoms with Gasteiger partial charge >= 0.3 is 0 Å². The largest absolute Gasteiger partial charge is 0.336 e. The summed E-state index contributed by atoms with van der Waals surface area (Å²) in [4.78, 5) is 18.7. The number of likely N-dealkylation sites (tertiary alicyclic amines) is 1. The maximum atomic E-state index is 12.3. The predicted octanol–water partition coefficient (Wildman–Crippen LogP) is 3.47. The third-order valence-corrected chi connectivity index (χ3v) is 4.58. The van der Waals surface area contributed by atoms with Gasteiger partial charge < -0.3 is 4.90 Å². The molecule has 1 aliphatic heterocycles. The summed E-state index contributed by atoms with van der Waals surface area (Å²) in [5.41, 5.74) is 3.48. The van der Waals surface area contributed by atoms with Crippen LogP contribution in [0.2, 0.25) is 0 Å². The van der Waals surface area contributed by atoms with Crippen LogP contribution in [0.5, 0.6) is 0 Å². The van der Waals surface area contributed by atoms with Crippen LogP contribution in [-0.4, -0.2) is 22.3 Å². The van der Waals surface area contributed by atoms with Crippen molar-refractivity contribution in [3.05, 3.63) is 65.5 Å². The molecule has 1 fully saturated rings. The number of hydrogen-bond donors (Lipinski definition) is 0. The van der Waals surface area contributed by atoms with Crippen molar-refractivity contribution in [1.82, 2.24) is 9.88 Å². The number of nitrogens with zero attached hydrogens (tertiary/aromatic N) is 2. The Kier molecular flexibility index (Phi) is 3.97. The molecule has 1 amide bonds. The number of carbonyl (C=O) groups is 1. The first-order valence-corrected chi connectivity index (χ1v) is 7.82. The Balaban J connectivity index is 1.81. The third-order valence-electron chi connectivity index (χ3n) is 4.58. The number of pyridine rings is 1. The summed E-state index contributed by atoms with van der Waals surface area (Å²) < 4.78 is 0. The predicted molar refractivity (Wildman–Crippen MR) is 87.4 cm³/mol. The fourth-order valence-corrected chi connectivity index (χ4v) is 3.23.